The average Bonchev–Trinajstić information content (AvgIpc) is 3.02. The Bertz CT molecular complexity index is 736. The number of halogens is 1. The molecule has 0 aromatic carbocycles. The number of carbonyl (C=O) groups excluding carboxylic acids is 1. The number of nitrogens with two attached hydrogens (primary N) is 1. The zero-order chi connectivity index (χ0) is 16.1. The van der Waals surface area contributed by atoms with E-state index in [1.54, 1.807) is 17.3 Å². The molecule has 2 N–H and O–H groups in total. The molecule has 0 radical (unpaired) electrons. The maximum Gasteiger partial charge on any atom is 0.257 e. The number of fused-ring (bicyclic) bond motifs is 1. The van der Waals surface area contributed by atoms with E-state index in [1.165, 1.54) is 0 Å². The summed E-state index contributed by atoms with van der Waals surface area (Å²) >= 11 is 0. The summed E-state index contributed by atoms with van der Waals surface area (Å²) in [5, 5.41) is 8.42. The highest BCUT2D eigenvalue weighted by Crippen LogP contribution is 2.31. The second kappa shape index (κ2) is 4.62. The van der Waals surface area contributed by atoms with Gasteiger partial charge < -0.3 is 10.6 Å². The van der Waals surface area contributed by atoms with Crippen molar-refractivity contribution < 1.29 is 9.18 Å². The van der Waals surface area contributed by atoms with Gasteiger partial charge in [-0.15, -0.1) is 10.2 Å². The highest BCUT2D eigenvalue weighted by molar-refractivity contribution is 5.85. The van der Waals surface area contributed by atoms with Gasteiger partial charge in [-0.05, 0) is 0 Å². The summed E-state index contributed by atoms with van der Waals surface area (Å²) in [6.45, 7) is 6.38. The summed E-state index contributed by atoms with van der Waals surface area (Å²) in [7, 11) is 0. The molecule has 0 spiro atoms. The van der Waals surface area contributed by atoms with Crippen molar-refractivity contribution in [3.8, 4) is 0 Å². The third-order valence-corrected chi connectivity index (χ3v) is 3.94. The van der Waals surface area contributed by atoms with Gasteiger partial charge in [-0.25, -0.2) is 9.37 Å². The van der Waals surface area contributed by atoms with Crippen molar-refractivity contribution in [2.75, 3.05) is 18.0 Å². The lowest BCUT2D eigenvalue weighted by Crippen LogP contribution is -2.42. The van der Waals surface area contributed by atoms with Crippen molar-refractivity contribution in [3.05, 3.63) is 18.2 Å². The fourth-order valence-corrected chi connectivity index (χ4v) is 2.70. The van der Waals surface area contributed by atoms with E-state index < -0.39 is 11.6 Å². The third-order valence-electron chi connectivity index (χ3n) is 3.94. The Labute approximate surface area is 127 Å². The smallest absolute Gasteiger partial charge is 0.257 e. The van der Waals surface area contributed by atoms with Crippen LogP contribution in [0.15, 0.2) is 12.4 Å². The first-order chi connectivity index (χ1) is 10.2. The fraction of sp³-hybridized carbons (Fsp3) is 0.571. The standard InChI is InChI=1S/C14H19FN6O/c1-13(2,3)12-19-18-10-9(17-5-7-21(10)12)20-6-4-14(15,8-20)11(16)22/h5,7H,4,6,8H2,1-3H3,(H2,16,22). The van der Waals surface area contributed by atoms with Gasteiger partial charge in [-0.2, -0.15) is 0 Å². The van der Waals surface area contributed by atoms with Gasteiger partial charge in [-0.1, -0.05) is 20.8 Å². The van der Waals surface area contributed by atoms with Crippen LogP contribution in [0.4, 0.5) is 10.2 Å². The molecule has 7 nitrogen and oxygen atoms in total. The first-order valence-corrected chi connectivity index (χ1v) is 7.16. The molecule has 118 valence electrons. The van der Waals surface area contributed by atoms with Crippen LogP contribution in [0, 0.1) is 0 Å². The van der Waals surface area contributed by atoms with Crippen LogP contribution in [0.5, 0.6) is 0 Å². The van der Waals surface area contributed by atoms with Crippen molar-refractivity contribution in [2.24, 2.45) is 5.73 Å². The van der Waals surface area contributed by atoms with Crippen molar-refractivity contribution in [1.29, 1.82) is 0 Å². The lowest BCUT2D eigenvalue weighted by Gasteiger charge is -2.20. The van der Waals surface area contributed by atoms with Gasteiger partial charge in [0.25, 0.3) is 5.91 Å². The molecule has 22 heavy (non-hydrogen) atoms. The quantitative estimate of drug-likeness (QED) is 0.887. The second-order valence-corrected chi connectivity index (χ2v) is 6.72. The molecule has 1 fully saturated rings. The zero-order valence-electron chi connectivity index (χ0n) is 12.9. The summed E-state index contributed by atoms with van der Waals surface area (Å²) in [6.07, 6.45) is 3.47. The Balaban J connectivity index is 2.03. The van der Waals surface area contributed by atoms with E-state index >= 15 is 0 Å². The Hall–Kier alpha value is -2.25. The third kappa shape index (κ3) is 2.18. The van der Waals surface area contributed by atoms with E-state index in [2.05, 4.69) is 15.2 Å². The highest BCUT2D eigenvalue weighted by Gasteiger charge is 2.44. The minimum absolute atomic E-state index is 0.0608. The first kappa shape index (κ1) is 14.7. The first-order valence-electron chi connectivity index (χ1n) is 7.16. The molecule has 1 atom stereocenters. The molecular weight excluding hydrogens is 287 g/mol. The van der Waals surface area contributed by atoms with E-state index in [9.17, 15) is 9.18 Å². The van der Waals surface area contributed by atoms with E-state index in [-0.39, 0.29) is 18.4 Å². The number of amides is 1. The molecule has 1 unspecified atom stereocenters. The Morgan fingerprint density at radius 1 is 1.41 bits per heavy atom. The van der Waals surface area contributed by atoms with Crippen LogP contribution in [-0.2, 0) is 10.2 Å². The average molecular weight is 306 g/mol. The Morgan fingerprint density at radius 2 is 2.14 bits per heavy atom. The number of nitrogens with zero attached hydrogens (tertiary/aromatic N) is 5. The highest BCUT2D eigenvalue weighted by atomic mass is 19.1. The predicted molar refractivity (Wildman–Crippen MR) is 79.3 cm³/mol. The van der Waals surface area contributed by atoms with Gasteiger partial charge in [0.2, 0.25) is 11.3 Å². The molecule has 0 aliphatic carbocycles. The van der Waals surface area contributed by atoms with Gasteiger partial charge in [-0.3, -0.25) is 9.20 Å². The number of primary amides is 1. The number of alkyl halides is 1. The topological polar surface area (TPSA) is 89.4 Å². The number of anilines is 1. The van der Waals surface area contributed by atoms with E-state index in [1.807, 2.05) is 25.2 Å². The lowest BCUT2D eigenvalue weighted by molar-refractivity contribution is -0.128. The normalized spacial score (nSPS) is 22.5. The summed E-state index contributed by atoms with van der Waals surface area (Å²) in [5.74, 6) is 0.386. The van der Waals surface area contributed by atoms with Gasteiger partial charge in [0, 0.05) is 30.8 Å². The molecule has 2 aromatic rings. The monoisotopic (exact) mass is 306 g/mol. The molecule has 8 heteroatoms. The lowest BCUT2D eigenvalue weighted by atomic mass is 9.96. The molecule has 3 rings (SSSR count). The predicted octanol–water partition coefficient (Wildman–Crippen LogP) is 0.825. The van der Waals surface area contributed by atoms with Crippen LogP contribution in [0.25, 0.3) is 5.65 Å². The van der Waals surface area contributed by atoms with Crippen LogP contribution >= 0.6 is 0 Å². The molecule has 0 bridgehead atoms. The number of rotatable bonds is 2. The van der Waals surface area contributed by atoms with Crippen LogP contribution in [0.1, 0.15) is 33.0 Å². The number of carbonyl (C=O) groups is 1. The Morgan fingerprint density at radius 3 is 2.73 bits per heavy atom. The van der Waals surface area contributed by atoms with Crippen molar-refractivity contribution in [1.82, 2.24) is 19.6 Å². The minimum atomic E-state index is -2.01. The number of aromatic nitrogens is 4. The van der Waals surface area contributed by atoms with Gasteiger partial charge in [0.1, 0.15) is 5.82 Å². The van der Waals surface area contributed by atoms with Gasteiger partial charge >= 0.3 is 0 Å². The summed E-state index contributed by atoms with van der Waals surface area (Å²) in [5.41, 5.74) is 3.52. The van der Waals surface area contributed by atoms with Gasteiger partial charge in [0.05, 0.1) is 6.54 Å². The maximum atomic E-state index is 14.4. The zero-order valence-corrected chi connectivity index (χ0v) is 12.9. The van der Waals surface area contributed by atoms with Crippen molar-refractivity contribution in [2.45, 2.75) is 38.3 Å². The number of hydrogen-bond donors (Lipinski definition) is 1. The van der Waals surface area contributed by atoms with Crippen LogP contribution in [0.2, 0.25) is 0 Å². The molecule has 1 aliphatic heterocycles. The second-order valence-electron chi connectivity index (χ2n) is 6.72. The van der Waals surface area contributed by atoms with Crippen LogP contribution in [0.3, 0.4) is 0 Å². The largest absolute Gasteiger partial charge is 0.367 e. The molecule has 1 amide bonds. The Kier molecular flexibility index (Phi) is 3.08. The molecule has 0 saturated carbocycles. The molecule has 1 aliphatic rings. The van der Waals surface area contributed by atoms with E-state index in [0.717, 1.165) is 5.82 Å². The molecule has 3 heterocycles. The molecule has 1 saturated heterocycles. The van der Waals surface area contributed by atoms with Crippen LogP contribution < -0.4 is 10.6 Å². The maximum absolute atomic E-state index is 14.4. The van der Waals surface area contributed by atoms with Gasteiger partial charge in [0.15, 0.2) is 5.82 Å². The SMILES string of the molecule is CC(C)(C)c1nnc2c(N3CCC(F)(C(N)=O)C3)nccn12. The minimum Gasteiger partial charge on any atom is -0.367 e. The van der Waals surface area contributed by atoms with Crippen molar-refractivity contribution >= 4 is 17.4 Å². The van der Waals surface area contributed by atoms with E-state index in [0.29, 0.717) is 18.0 Å². The number of hydrogen-bond acceptors (Lipinski definition) is 5. The summed E-state index contributed by atoms with van der Waals surface area (Å²) in [4.78, 5) is 17.3. The van der Waals surface area contributed by atoms with Crippen LogP contribution in [-0.4, -0.2) is 44.2 Å². The van der Waals surface area contributed by atoms with Crippen molar-refractivity contribution in [3.63, 3.8) is 0 Å². The molecule has 2 aromatic heterocycles. The molecular formula is C14H19FN6O. The summed E-state index contributed by atoms with van der Waals surface area (Å²) < 4.78 is 16.2. The summed E-state index contributed by atoms with van der Waals surface area (Å²) in [6, 6.07) is 0. The fourth-order valence-electron chi connectivity index (χ4n) is 2.70. The van der Waals surface area contributed by atoms with E-state index in [4.69, 9.17) is 5.73 Å².